The normalized spacial score (nSPS) is 11.6. The third-order valence-corrected chi connectivity index (χ3v) is 4.02. The second-order valence-electron chi connectivity index (χ2n) is 5.25. The van der Waals surface area contributed by atoms with Gasteiger partial charge in [-0.15, -0.1) is 19.8 Å². The third-order valence-electron chi connectivity index (χ3n) is 4.02. The SMILES string of the molecule is COC(CC[O-])(OC)OC.COC(CC[O-])(OC)OC.COC(CC[O-])(OC)OC.[Al+3]. The maximum atomic E-state index is 10.2. The summed E-state index contributed by atoms with van der Waals surface area (Å²) in [7, 11) is 12.9. The molecule has 186 valence electrons. The van der Waals surface area contributed by atoms with Crippen molar-refractivity contribution in [1.82, 2.24) is 0 Å². The number of ether oxygens (including phenoxy) is 9. The van der Waals surface area contributed by atoms with E-state index >= 15 is 0 Å². The quantitative estimate of drug-likeness (QED) is 0.184. The van der Waals surface area contributed by atoms with Crippen LogP contribution in [0, 0.1) is 0 Å². The zero-order valence-electron chi connectivity index (χ0n) is 20.2. The summed E-state index contributed by atoms with van der Waals surface area (Å²) >= 11 is 0. The third kappa shape index (κ3) is 15.5. The summed E-state index contributed by atoms with van der Waals surface area (Å²) in [4.78, 5) is 0. The van der Waals surface area contributed by atoms with Gasteiger partial charge < -0.3 is 58.0 Å². The van der Waals surface area contributed by atoms with E-state index in [2.05, 4.69) is 0 Å². The van der Waals surface area contributed by atoms with Gasteiger partial charge in [-0.3, -0.25) is 0 Å². The topological polar surface area (TPSA) is 152 Å². The van der Waals surface area contributed by atoms with Gasteiger partial charge in [0, 0.05) is 83.3 Å². The fraction of sp³-hybridized carbons (Fsp3) is 1.00. The Hall–Kier alpha value is 0.0525. The van der Waals surface area contributed by atoms with Crippen LogP contribution >= 0.6 is 0 Å². The van der Waals surface area contributed by atoms with Gasteiger partial charge in [0.1, 0.15) is 0 Å². The Morgan fingerprint density at radius 3 is 0.548 bits per heavy atom. The maximum absolute atomic E-state index is 10.2. The molecule has 0 radical (unpaired) electrons. The van der Waals surface area contributed by atoms with E-state index in [1.807, 2.05) is 0 Å². The van der Waals surface area contributed by atoms with E-state index in [0.29, 0.717) is 0 Å². The average Bonchev–Trinajstić information content (AvgIpc) is 2.81. The monoisotopic (exact) mass is 474 g/mol. The van der Waals surface area contributed by atoms with Crippen LogP contribution in [0.15, 0.2) is 0 Å². The molecule has 0 spiro atoms. The molecule has 31 heavy (non-hydrogen) atoms. The molecule has 0 aromatic heterocycles. The minimum absolute atomic E-state index is 0. The summed E-state index contributed by atoms with van der Waals surface area (Å²) in [5.41, 5.74) is 0. The van der Waals surface area contributed by atoms with Crippen molar-refractivity contribution in [3.05, 3.63) is 0 Å². The molecule has 0 aromatic rings. The Morgan fingerprint density at radius 1 is 0.387 bits per heavy atom. The first kappa shape index (κ1) is 38.3. The van der Waals surface area contributed by atoms with Gasteiger partial charge in [0.2, 0.25) is 0 Å². The molecule has 0 fully saturated rings. The summed E-state index contributed by atoms with van der Waals surface area (Å²) in [6, 6.07) is 0. The van der Waals surface area contributed by atoms with Crippen molar-refractivity contribution in [1.29, 1.82) is 0 Å². The predicted molar refractivity (Wildman–Crippen MR) is 105 cm³/mol. The van der Waals surface area contributed by atoms with E-state index < -0.39 is 17.9 Å². The van der Waals surface area contributed by atoms with E-state index in [9.17, 15) is 15.3 Å². The number of rotatable bonds is 15. The second kappa shape index (κ2) is 23.2. The Morgan fingerprint density at radius 2 is 0.516 bits per heavy atom. The van der Waals surface area contributed by atoms with E-state index in [1.165, 1.54) is 64.0 Å². The standard InChI is InChI=1S/3C6H13O4.Al/c3*1-8-6(9-2,10-3)4-5-7;/h3*4-5H2,1-3H3;/q3*-1;+3. The minimum Gasteiger partial charge on any atom is -0.854 e. The van der Waals surface area contributed by atoms with Crippen LogP contribution in [0.25, 0.3) is 0 Å². The molecular formula is C18H39AlO12. The molecule has 0 saturated carbocycles. The van der Waals surface area contributed by atoms with Gasteiger partial charge in [0.15, 0.2) is 0 Å². The van der Waals surface area contributed by atoms with Crippen LogP contribution < -0.4 is 15.3 Å². The fourth-order valence-corrected chi connectivity index (χ4v) is 2.04. The van der Waals surface area contributed by atoms with Gasteiger partial charge in [-0.2, -0.15) is 0 Å². The van der Waals surface area contributed by atoms with Crippen LogP contribution in [-0.4, -0.2) is 119 Å². The Balaban J connectivity index is -0.000000174. The van der Waals surface area contributed by atoms with Crippen molar-refractivity contribution in [3.8, 4) is 0 Å². The van der Waals surface area contributed by atoms with Crippen molar-refractivity contribution in [2.24, 2.45) is 0 Å². The van der Waals surface area contributed by atoms with E-state index in [-0.39, 0.29) is 56.4 Å². The summed E-state index contributed by atoms with van der Waals surface area (Å²) in [6.07, 6.45) is 0.573. The molecule has 0 aliphatic heterocycles. The van der Waals surface area contributed by atoms with Crippen molar-refractivity contribution in [2.75, 3.05) is 83.8 Å². The Labute approximate surface area is 196 Å². The van der Waals surface area contributed by atoms with Gasteiger partial charge >= 0.3 is 17.4 Å². The summed E-state index contributed by atoms with van der Waals surface area (Å²) < 4.78 is 43.5. The number of hydrogen-bond acceptors (Lipinski definition) is 12. The average molecular weight is 474 g/mol. The fourth-order valence-electron chi connectivity index (χ4n) is 2.04. The largest absolute Gasteiger partial charge is 3.00 e. The van der Waals surface area contributed by atoms with Gasteiger partial charge in [0.25, 0.3) is 17.9 Å². The first-order valence-corrected chi connectivity index (χ1v) is 8.94. The zero-order valence-corrected chi connectivity index (χ0v) is 21.4. The zero-order chi connectivity index (χ0) is 24.1. The Bertz CT molecular complexity index is 273. The van der Waals surface area contributed by atoms with Gasteiger partial charge in [0.05, 0.1) is 0 Å². The van der Waals surface area contributed by atoms with Crippen molar-refractivity contribution in [2.45, 2.75) is 37.2 Å². The summed E-state index contributed by atoms with van der Waals surface area (Å²) in [5, 5.41) is 30.5. The maximum Gasteiger partial charge on any atom is 3.00 e. The van der Waals surface area contributed by atoms with Crippen molar-refractivity contribution < 1.29 is 58.0 Å². The first-order valence-electron chi connectivity index (χ1n) is 8.94. The molecule has 0 atom stereocenters. The predicted octanol–water partition coefficient (Wildman–Crippen LogP) is -2.39. The van der Waals surface area contributed by atoms with Crippen LogP contribution in [0.5, 0.6) is 0 Å². The van der Waals surface area contributed by atoms with Gasteiger partial charge in [-0.1, -0.05) is 0 Å². The van der Waals surface area contributed by atoms with Crippen LogP contribution in [-0.2, 0) is 42.6 Å². The molecule has 13 heteroatoms. The molecule has 0 heterocycles. The first-order chi connectivity index (χ1) is 14.2. The van der Waals surface area contributed by atoms with Gasteiger partial charge in [-0.25, -0.2) is 0 Å². The molecule has 12 nitrogen and oxygen atoms in total. The van der Waals surface area contributed by atoms with Crippen LogP contribution in [0.1, 0.15) is 19.3 Å². The molecule has 0 amide bonds. The summed E-state index contributed by atoms with van der Waals surface area (Å²) in [6.45, 7) is -0.847. The molecule has 0 aliphatic carbocycles. The van der Waals surface area contributed by atoms with E-state index in [0.717, 1.165) is 0 Å². The molecule has 0 unspecified atom stereocenters. The molecular weight excluding hydrogens is 435 g/mol. The van der Waals surface area contributed by atoms with Crippen molar-refractivity contribution in [3.63, 3.8) is 0 Å². The second-order valence-corrected chi connectivity index (χ2v) is 5.25. The smallest absolute Gasteiger partial charge is 0.854 e. The molecule has 0 aromatic carbocycles. The number of methoxy groups -OCH3 is 9. The molecule has 0 saturated heterocycles. The summed E-state index contributed by atoms with van der Waals surface area (Å²) in [5.74, 6) is -3.41. The molecule has 0 rings (SSSR count). The number of hydrogen-bond donors (Lipinski definition) is 0. The van der Waals surface area contributed by atoms with Gasteiger partial charge in [-0.05, 0) is 0 Å². The van der Waals surface area contributed by atoms with E-state index in [4.69, 9.17) is 42.6 Å². The van der Waals surface area contributed by atoms with E-state index in [1.54, 1.807) is 0 Å². The Kier molecular flexibility index (Phi) is 28.7. The van der Waals surface area contributed by atoms with Crippen LogP contribution in [0.2, 0.25) is 0 Å². The minimum atomic E-state index is -1.14. The molecule has 0 aliphatic rings. The van der Waals surface area contributed by atoms with Crippen LogP contribution in [0.3, 0.4) is 0 Å². The van der Waals surface area contributed by atoms with Crippen LogP contribution in [0.4, 0.5) is 0 Å². The van der Waals surface area contributed by atoms with Crippen molar-refractivity contribution >= 4 is 17.4 Å². The molecule has 0 N–H and O–H groups in total. The molecule has 0 bridgehead atoms.